The summed E-state index contributed by atoms with van der Waals surface area (Å²) in [5, 5.41) is 0. The maximum absolute atomic E-state index is 12.5. The summed E-state index contributed by atoms with van der Waals surface area (Å²) in [5.74, 6) is 0.0269. The molecule has 1 aromatic heterocycles. The van der Waals surface area contributed by atoms with Crippen LogP contribution in [0.2, 0.25) is 0 Å². The molecule has 4 heterocycles. The number of hydrogen-bond acceptors (Lipinski definition) is 5. The SMILES string of the molecule is CN1CC[C@]2(CCCN(C3CCN(C(=O)c4cnccn4)CC3)C2)C1. The third-order valence-corrected chi connectivity index (χ3v) is 6.37. The number of nitrogens with zero attached hydrogens (tertiary/aromatic N) is 5. The molecule has 0 aliphatic carbocycles. The zero-order valence-electron chi connectivity index (χ0n) is 15.2. The van der Waals surface area contributed by atoms with E-state index < -0.39 is 0 Å². The lowest BCUT2D eigenvalue weighted by Gasteiger charge is -2.46. The molecule has 136 valence electrons. The molecule has 0 bridgehead atoms. The van der Waals surface area contributed by atoms with Crippen LogP contribution in [-0.4, -0.2) is 82.9 Å². The van der Waals surface area contributed by atoms with Crippen molar-refractivity contribution in [2.24, 2.45) is 5.41 Å². The molecule has 3 fully saturated rings. The van der Waals surface area contributed by atoms with Crippen molar-refractivity contribution >= 4 is 5.91 Å². The Morgan fingerprint density at radius 2 is 1.96 bits per heavy atom. The van der Waals surface area contributed by atoms with Gasteiger partial charge in [-0.3, -0.25) is 14.7 Å². The number of carbonyl (C=O) groups excluding carboxylic acids is 1. The van der Waals surface area contributed by atoms with E-state index in [1.807, 2.05) is 4.90 Å². The van der Waals surface area contributed by atoms with Crippen LogP contribution in [0, 0.1) is 5.41 Å². The van der Waals surface area contributed by atoms with E-state index in [-0.39, 0.29) is 5.91 Å². The van der Waals surface area contributed by atoms with Gasteiger partial charge < -0.3 is 9.80 Å². The van der Waals surface area contributed by atoms with Gasteiger partial charge in [-0.25, -0.2) is 4.98 Å². The Morgan fingerprint density at radius 1 is 1.12 bits per heavy atom. The van der Waals surface area contributed by atoms with Gasteiger partial charge in [-0.1, -0.05) is 0 Å². The molecule has 6 heteroatoms. The molecule has 1 aromatic rings. The standard InChI is InChI=1S/C19H29N5O/c1-22-12-6-19(14-22)5-2-9-24(15-19)16-3-10-23(11-4-16)18(25)17-13-20-7-8-21-17/h7-8,13,16H,2-6,9-12,14-15H2,1H3/t19-/m1/s1. The van der Waals surface area contributed by atoms with Crippen molar-refractivity contribution in [1.82, 2.24) is 24.7 Å². The van der Waals surface area contributed by atoms with E-state index in [4.69, 9.17) is 0 Å². The van der Waals surface area contributed by atoms with Gasteiger partial charge in [0.15, 0.2) is 0 Å². The lowest BCUT2D eigenvalue weighted by atomic mass is 9.78. The molecule has 1 amide bonds. The van der Waals surface area contributed by atoms with E-state index in [2.05, 4.69) is 26.8 Å². The summed E-state index contributed by atoms with van der Waals surface area (Å²) in [7, 11) is 2.25. The maximum Gasteiger partial charge on any atom is 0.274 e. The van der Waals surface area contributed by atoms with E-state index in [0.29, 0.717) is 17.2 Å². The number of piperidine rings is 2. The summed E-state index contributed by atoms with van der Waals surface area (Å²) < 4.78 is 0. The van der Waals surface area contributed by atoms with Gasteiger partial charge in [0.05, 0.1) is 6.20 Å². The molecule has 0 aromatic carbocycles. The molecule has 1 spiro atoms. The molecular formula is C19H29N5O. The zero-order chi connectivity index (χ0) is 17.3. The number of amides is 1. The highest BCUT2D eigenvalue weighted by atomic mass is 16.2. The molecule has 3 aliphatic rings. The minimum atomic E-state index is 0.0269. The Morgan fingerprint density at radius 3 is 2.64 bits per heavy atom. The Labute approximate surface area is 150 Å². The van der Waals surface area contributed by atoms with E-state index in [9.17, 15) is 4.79 Å². The van der Waals surface area contributed by atoms with Gasteiger partial charge >= 0.3 is 0 Å². The van der Waals surface area contributed by atoms with Gasteiger partial charge in [-0.15, -0.1) is 0 Å². The van der Waals surface area contributed by atoms with Crippen molar-refractivity contribution in [3.63, 3.8) is 0 Å². The Kier molecular flexibility index (Phi) is 4.73. The van der Waals surface area contributed by atoms with Crippen molar-refractivity contribution in [2.75, 3.05) is 46.3 Å². The fourth-order valence-electron chi connectivity index (χ4n) is 5.06. The minimum Gasteiger partial charge on any atom is -0.337 e. The first-order valence-electron chi connectivity index (χ1n) is 9.63. The topological polar surface area (TPSA) is 52.6 Å². The number of hydrogen-bond donors (Lipinski definition) is 0. The minimum absolute atomic E-state index is 0.0269. The summed E-state index contributed by atoms with van der Waals surface area (Å²) in [6.45, 7) is 6.66. The number of likely N-dealkylation sites (tertiary alicyclic amines) is 3. The van der Waals surface area contributed by atoms with Gasteiger partial charge in [0.25, 0.3) is 5.91 Å². The van der Waals surface area contributed by atoms with Gasteiger partial charge in [0, 0.05) is 44.6 Å². The first-order chi connectivity index (χ1) is 12.2. The van der Waals surface area contributed by atoms with Crippen molar-refractivity contribution in [1.29, 1.82) is 0 Å². The quantitative estimate of drug-likeness (QED) is 0.814. The highest BCUT2D eigenvalue weighted by molar-refractivity contribution is 5.92. The average molecular weight is 343 g/mol. The molecule has 4 rings (SSSR count). The van der Waals surface area contributed by atoms with Gasteiger partial charge in [-0.2, -0.15) is 0 Å². The second kappa shape index (κ2) is 7.00. The van der Waals surface area contributed by atoms with Gasteiger partial charge in [0.1, 0.15) is 5.69 Å². The van der Waals surface area contributed by atoms with Crippen LogP contribution >= 0.6 is 0 Å². The first kappa shape index (κ1) is 16.9. The zero-order valence-corrected chi connectivity index (χ0v) is 15.2. The predicted molar refractivity (Wildman–Crippen MR) is 96.3 cm³/mol. The Bertz CT molecular complexity index is 597. The molecule has 3 saturated heterocycles. The largest absolute Gasteiger partial charge is 0.337 e. The maximum atomic E-state index is 12.5. The second-order valence-corrected chi connectivity index (χ2v) is 8.18. The second-order valence-electron chi connectivity index (χ2n) is 8.18. The average Bonchev–Trinajstić information content (AvgIpc) is 3.01. The fourth-order valence-corrected chi connectivity index (χ4v) is 5.06. The van der Waals surface area contributed by atoms with Gasteiger partial charge in [-0.05, 0) is 57.7 Å². The normalized spacial score (nSPS) is 29.4. The van der Waals surface area contributed by atoms with E-state index in [1.54, 1.807) is 18.6 Å². The third-order valence-electron chi connectivity index (χ3n) is 6.37. The molecule has 1 atom stereocenters. The summed E-state index contributed by atoms with van der Waals surface area (Å²) >= 11 is 0. The van der Waals surface area contributed by atoms with E-state index in [0.717, 1.165) is 25.9 Å². The van der Waals surface area contributed by atoms with Crippen LogP contribution in [-0.2, 0) is 0 Å². The van der Waals surface area contributed by atoms with E-state index in [1.165, 1.54) is 45.4 Å². The lowest BCUT2D eigenvalue weighted by Crippen LogP contribution is -2.52. The Hall–Kier alpha value is -1.53. The Balaban J connectivity index is 1.33. The lowest BCUT2D eigenvalue weighted by molar-refractivity contribution is 0.0302. The van der Waals surface area contributed by atoms with Crippen molar-refractivity contribution in [2.45, 2.75) is 38.1 Å². The summed E-state index contributed by atoms with van der Waals surface area (Å²) in [6.07, 6.45) is 11.0. The van der Waals surface area contributed by atoms with Crippen molar-refractivity contribution < 1.29 is 4.79 Å². The van der Waals surface area contributed by atoms with Gasteiger partial charge in [0.2, 0.25) is 0 Å². The molecule has 0 saturated carbocycles. The summed E-state index contributed by atoms with van der Waals surface area (Å²) in [6, 6.07) is 0.633. The van der Waals surface area contributed by atoms with Crippen LogP contribution in [0.15, 0.2) is 18.6 Å². The molecule has 3 aliphatic heterocycles. The monoisotopic (exact) mass is 343 g/mol. The molecule has 0 N–H and O–H groups in total. The van der Waals surface area contributed by atoms with Crippen molar-refractivity contribution in [3.05, 3.63) is 24.3 Å². The van der Waals surface area contributed by atoms with Crippen LogP contribution in [0.25, 0.3) is 0 Å². The highest BCUT2D eigenvalue weighted by Gasteiger charge is 2.42. The van der Waals surface area contributed by atoms with Crippen LogP contribution in [0.4, 0.5) is 0 Å². The highest BCUT2D eigenvalue weighted by Crippen LogP contribution is 2.39. The molecule has 0 radical (unpaired) electrons. The van der Waals surface area contributed by atoms with E-state index >= 15 is 0 Å². The number of carbonyl (C=O) groups is 1. The summed E-state index contributed by atoms with van der Waals surface area (Å²) in [5.41, 5.74) is 0.992. The molecule has 0 unspecified atom stereocenters. The summed E-state index contributed by atoms with van der Waals surface area (Å²) in [4.78, 5) is 27.9. The van der Waals surface area contributed by atoms with Crippen LogP contribution in [0.5, 0.6) is 0 Å². The van der Waals surface area contributed by atoms with Crippen molar-refractivity contribution in [3.8, 4) is 0 Å². The first-order valence-corrected chi connectivity index (χ1v) is 9.63. The predicted octanol–water partition coefficient (Wildman–Crippen LogP) is 1.50. The number of rotatable bonds is 2. The smallest absolute Gasteiger partial charge is 0.274 e. The molecular weight excluding hydrogens is 314 g/mol. The molecule has 25 heavy (non-hydrogen) atoms. The van der Waals surface area contributed by atoms with Crippen LogP contribution in [0.3, 0.4) is 0 Å². The van der Waals surface area contributed by atoms with Crippen LogP contribution < -0.4 is 0 Å². The van der Waals surface area contributed by atoms with Crippen LogP contribution in [0.1, 0.15) is 42.6 Å². The molecule has 6 nitrogen and oxygen atoms in total. The number of aromatic nitrogens is 2. The fraction of sp³-hybridized carbons (Fsp3) is 0.737. The third kappa shape index (κ3) is 3.55.